The third-order valence-electron chi connectivity index (χ3n) is 3.79. The van der Waals surface area contributed by atoms with Crippen molar-refractivity contribution in [3.8, 4) is 11.5 Å². The van der Waals surface area contributed by atoms with Crippen LogP contribution < -0.4 is 0 Å². The number of tetrazole rings is 1. The van der Waals surface area contributed by atoms with E-state index in [4.69, 9.17) is 9.25 Å². The van der Waals surface area contributed by atoms with Crippen molar-refractivity contribution < 1.29 is 9.25 Å². The second-order valence-electron chi connectivity index (χ2n) is 5.69. The van der Waals surface area contributed by atoms with Gasteiger partial charge in [0.1, 0.15) is 0 Å². The molecule has 0 saturated carbocycles. The van der Waals surface area contributed by atoms with Gasteiger partial charge in [0.15, 0.2) is 12.3 Å². The van der Waals surface area contributed by atoms with E-state index in [9.17, 15) is 0 Å². The standard InChI is InChI=1S/C18H14BrN7O2/c1-26-17(21-24-25-26)16(12-7-3-2-4-8-12)23-27-11-15-20-22-18(28-15)13-9-5-6-10-14(13)19/h2-10H,11H2,1H3/b23-16-. The van der Waals surface area contributed by atoms with Crippen LogP contribution in [0.5, 0.6) is 0 Å². The predicted molar refractivity (Wildman–Crippen MR) is 103 cm³/mol. The summed E-state index contributed by atoms with van der Waals surface area (Å²) in [5, 5.41) is 23.8. The minimum Gasteiger partial charge on any atom is -0.417 e. The lowest BCUT2D eigenvalue weighted by molar-refractivity contribution is 0.111. The number of halogens is 1. The minimum atomic E-state index is 0.0130. The van der Waals surface area contributed by atoms with Gasteiger partial charge in [-0.15, -0.1) is 15.3 Å². The van der Waals surface area contributed by atoms with E-state index < -0.39 is 0 Å². The molecular weight excluding hydrogens is 426 g/mol. The van der Waals surface area contributed by atoms with Gasteiger partial charge in [0.05, 0.1) is 5.56 Å². The van der Waals surface area contributed by atoms with E-state index in [1.54, 1.807) is 7.05 Å². The van der Waals surface area contributed by atoms with Crippen molar-refractivity contribution in [3.05, 3.63) is 76.3 Å². The first-order chi connectivity index (χ1) is 13.7. The molecule has 0 amide bonds. The quantitative estimate of drug-likeness (QED) is 0.335. The highest BCUT2D eigenvalue weighted by atomic mass is 79.9. The summed E-state index contributed by atoms with van der Waals surface area (Å²) in [7, 11) is 1.73. The minimum absolute atomic E-state index is 0.0130. The fourth-order valence-corrected chi connectivity index (χ4v) is 2.91. The lowest BCUT2D eigenvalue weighted by Gasteiger charge is -2.04. The summed E-state index contributed by atoms with van der Waals surface area (Å²) in [4.78, 5) is 5.47. The van der Waals surface area contributed by atoms with Crippen LogP contribution in [0.15, 0.2) is 68.6 Å². The monoisotopic (exact) mass is 439 g/mol. The maximum Gasteiger partial charge on any atom is 0.257 e. The summed E-state index contributed by atoms with van der Waals surface area (Å²) in [5.74, 6) is 1.18. The van der Waals surface area contributed by atoms with Crippen molar-refractivity contribution in [2.45, 2.75) is 6.61 Å². The lowest BCUT2D eigenvalue weighted by atomic mass is 10.1. The molecule has 0 aliphatic rings. The second kappa shape index (κ2) is 8.09. The average molecular weight is 440 g/mol. The summed E-state index contributed by atoms with van der Waals surface area (Å²) in [6.07, 6.45) is 0. The van der Waals surface area contributed by atoms with Gasteiger partial charge >= 0.3 is 0 Å². The largest absolute Gasteiger partial charge is 0.417 e. The van der Waals surface area contributed by atoms with Gasteiger partial charge in [0.25, 0.3) is 5.89 Å². The van der Waals surface area contributed by atoms with Crippen molar-refractivity contribution in [1.82, 2.24) is 30.4 Å². The SMILES string of the molecule is Cn1nnnc1/C(=N\OCc1nnc(-c2ccccc2Br)o1)c1ccccc1. The first kappa shape index (κ1) is 18.0. The van der Waals surface area contributed by atoms with Crippen molar-refractivity contribution in [2.75, 3.05) is 0 Å². The highest BCUT2D eigenvalue weighted by molar-refractivity contribution is 9.10. The molecule has 0 aliphatic carbocycles. The zero-order valence-corrected chi connectivity index (χ0v) is 16.3. The van der Waals surface area contributed by atoms with Crippen LogP contribution in [-0.2, 0) is 18.5 Å². The van der Waals surface area contributed by atoms with Gasteiger partial charge < -0.3 is 9.25 Å². The molecule has 140 valence electrons. The van der Waals surface area contributed by atoms with E-state index in [2.05, 4.69) is 46.8 Å². The Bertz CT molecular complexity index is 1110. The Hall–Kier alpha value is -3.40. The molecule has 0 bridgehead atoms. The lowest BCUT2D eigenvalue weighted by Crippen LogP contribution is -2.12. The molecule has 0 spiro atoms. The van der Waals surface area contributed by atoms with E-state index in [1.807, 2.05) is 54.6 Å². The van der Waals surface area contributed by atoms with Crippen LogP contribution in [0.2, 0.25) is 0 Å². The van der Waals surface area contributed by atoms with Crippen LogP contribution in [0.4, 0.5) is 0 Å². The fraction of sp³-hybridized carbons (Fsp3) is 0.111. The molecule has 0 radical (unpaired) electrons. The molecule has 0 N–H and O–H groups in total. The molecule has 2 heterocycles. The van der Waals surface area contributed by atoms with Gasteiger partial charge in [-0.3, -0.25) is 0 Å². The van der Waals surface area contributed by atoms with Crippen LogP contribution >= 0.6 is 15.9 Å². The number of hydrogen-bond acceptors (Lipinski definition) is 8. The van der Waals surface area contributed by atoms with E-state index in [0.717, 1.165) is 15.6 Å². The van der Waals surface area contributed by atoms with Crippen molar-refractivity contribution in [3.63, 3.8) is 0 Å². The van der Waals surface area contributed by atoms with Crippen LogP contribution in [-0.4, -0.2) is 36.1 Å². The molecule has 0 fully saturated rings. The van der Waals surface area contributed by atoms with Crippen molar-refractivity contribution >= 4 is 21.6 Å². The Morgan fingerprint density at radius 2 is 1.86 bits per heavy atom. The second-order valence-corrected chi connectivity index (χ2v) is 6.54. The van der Waals surface area contributed by atoms with Crippen molar-refractivity contribution in [2.24, 2.45) is 12.2 Å². The highest BCUT2D eigenvalue weighted by Crippen LogP contribution is 2.26. The third kappa shape index (κ3) is 3.81. The van der Waals surface area contributed by atoms with Crippen LogP contribution in [0.25, 0.3) is 11.5 Å². The number of rotatable bonds is 6. The number of oxime groups is 1. The number of nitrogens with zero attached hydrogens (tertiary/aromatic N) is 7. The van der Waals surface area contributed by atoms with Gasteiger partial charge in [-0.1, -0.05) is 47.6 Å². The number of aryl methyl sites for hydroxylation is 1. The van der Waals surface area contributed by atoms with Crippen molar-refractivity contribution in [1.29, 1.82) is 0 Å². The summed E-state index contributed by atoms with van der Waals surface area (Å²) < 4.78 is 8.05. The Morgan fingerprint density at radius 3 is 2.61 bits per heavy atom. The molecule has 4 aromatic rings. The van der Waals surface area contributed by atoms with Gasteiger partial charge in [-0.2, -0.15) is 0 Å². The van der Waals surface area contributed by atoms with E-state index in [-0.39, 0.29) is 6.61 Å². The number of aromatic nitrogens is 6. The topological polar surface area (TPSA) is 104 Å². The molecule has 0 aliphatic heterocycles. The molecule has 2 aromatic carbocycles. The normalized spacial score (nSPS) is 11.6. The van der Waals surface area contributed by atoms with Crippen LogP contribution in [0.3, 0.4) is 0 Å². The smallest absolute Gasteiger partial charge is 0.257 e. The third-order valence-corrected chi connectivity index (χ3v) is 4.49. The first-order valence-electron chi connectivity index (χ1n) is 8.28. The molecule has 0 atom stereocenters. The summed E-state index contributed by atoms with van der Waals surface area (Å²) in [6.45, 7) is 0.0130. The molecule has 0 saturated heterocycles. The Balaban J connectivity index is 1.54. The van der Waals surface area contributed by atoms with E-state index in [1.165, 1.54) is 4.68 Å². The maximum atomic E-state index is 5.66. The molecular formula is C18H14BrN7O2. The average Bonchev–Trinajstić information content (AvgIpc) is 3.35. The number of benzene rings is 2. The fourth-order valence-electron chi connectivity index (χ4n) is 2.46. The molecule has 0 unspecified atom stereocenters. The first-order valence-corrected chi connectivity index (χ1v) is 9.07. The van der Waals surface area contributed by atoms with E-state index in [0.29, 0.717) is 23.3 Å². The summed E-state index contributed by atoms with van der Waals surface area (Å²) in [5.41, 5.74) is 2.12. The van der Waals surface area contributed by atoms with Gasteiger partial charge in [0, 0.05) is 17.1 Å². The Kier molecular flexibility index (Phi) is 5.20. The Labute approximate surface area is 168 Å². The van der Waals surface area contributed by atoms with Crippen LogP contribution in [0.1, 0.15) is 17.3 Å². The van der Waals surface area contributed by atoms with Gasteiger partial charge in [-0.25, -0.2) is 4.68 Å². The molecule has 28 heavy (non-hydrogen) atoms. The number of hydrogen-bond donors (Lipinski definition) is 0. The Morgan fingerprint density at radius 1 is 1.07 bits per heavy atom. The summed E-state index contributed by atoms with van der Waals surface area (Å²) in [6, 6.07) is 17.1. The zero-order chi connectivity index (χ0) is 19.3. The molecule has 10 heteroatoms. The molecule has 2 aromatic heterocycles. The molecule has 4 rings (SSSR count). The molecule has 9 nitrogen and oxygen atoms in total. The maximum absolute atomic E-state index is 5.66. The summed E-state index contributed by atoms with van der Waals surface area (Å²) >= 11 is 3.47. The highest BCUT2D eigenvalue weighted by Gasteiger charge is 2.16. The van der Waals surface area contributed by atoms with Gasteiger partial charge in [0.2, 0.25) is 11.7 Å². The van der Waals surface area contributed by atoms with Gasteiger partial charge in [-0.05, 0) is 38.5 Å². The zero-order valence-electron chi connectivity index (χ0n) is 14.7. The van der Waals surface area contributed by atoms with Crippen LogP contribution in [0, 0.1) is 0 Å². The van der Waals surface area contributed by atoms with E-state index >= 15 is 0 Å². The predicted octanol–water partition coefficient (Wildman–Crippen LogP) is 2.99.